The highest BCUT2D eigenvalue weighted by molar-refractivity contribution is 5.79. The van der Waals surface area contributed by atoms with Gasteiger partial charge in [-0.05, 0) is 26.2 Å². The maximum Gasteiger partial charge on any atom is 0.227 e. The van der Waals surface area contributed by atoms with Crippen molar-refractivity contribution in [1.29, 1.82) is 0 Å². The van der Waals surface area contributed by atoms with Gasteiger partial charge in [-0.1, -0.05) is 32.6 Å². The summed E-state index contributed by atoms with van der Waals surface area (Å²) in [6.45, 7) is 5.95. The molecule has 2 unspecified atom stereocenters. The van der Waals surface area contributed by atoms with Crippen molar-refractivity contribution in [2.45, 2.75) is 64.8 Å². The van der Waals surface area contributed by atoms with Crippen LogP contribution in [0.2, 0.25) is 0 Å². The normalized spacial score (nSPS) is 25.4. The zero-order valence-electron chi connectivity index (χ0n) is 11.5. The van der Waals surface area contributed by atoms with Crippen LogP contribution < -0.4 is 5.73 Å². The van der Waals surface area contributed by atoms with Crippen LogP contribution in [0, 0.1) is 5.92 Å². The molecule has 0 heterocycles. The topological polar surface area (TPSA) is 46.3 Å². The SMILES string of the molecule is CCCCN(CC)C(=O)C1CCCCCC1N. The number of unbranched alkanes of at least 4 members (excludes halogenated alkanes) is 1. The van der Waals surface area contributed by atoms with E-state index in [2.05, 4.69) is 13.8 Å². The predicted octanol–water partition coefficient (Wildman–Crippen LogP) is 2.54. The molecule has 3 heteroatoms. The zero-order chi connectivity index (χ0) is 12.7. The van der Waals surface area contributed by atoms with Crippen molar-refractivity contribution < 1.29 is 4.79 Å². The molecule has 1 fully saturated rings. The molecule has 0 spiro atoms. The Morgan fingerprint density at radius 2 is 1.94 bits per heavy atom. The largest absolute Gasteiger partial charge is 0.343 e. The third kappa shape index (κ3) is 4.30. The van der Waals surface area contributed by atoms with Crippen LogP contribution in [-0.2, 0) is 4.79 Å². The molecule has 2 atom stereocenters. The number of nitrogens with two attached hydrogens (primary N) is 1. The first-order chi connectivity index (χ1) is 8.20. The molecule has 0 aromatic heterocycles. The zero-order valence-corrected chi connectivity index (χ0v) is 11.5. The fourth-order valence-electron chi connectivity index (χ4n) is 2.65. The van der Waals surface area contributed by atoms with Crippen molar-refractivity contribution in [1.82, 2.24) is 4.90 Å². The molecule has 1 rings (SSSR count). The van der Waals surface area contributed by atoms with E-state index < -0.39 is 0 Å². The molecule has 0 radical (unpaired) electrons. The standard InChI is InChI=1S/C14H28N2O/c1-3-5-11-16(4-2)14(17)12-9-7-6-8-10-13(12)15/h12-13H,3-11,15H2,1-2H3. The van der Waals surface area contributed by atoms with Crippen LogP contribution in [0.4, 0.5) is 0 Å². The number of amides is 1. The van der Waals surface area contributed by atoms with E-state index >= 15 is 0 Å². The third-order valence-electron chi connectivity index (χ3n) is 3.86. The molecule has 3 nitrogen and oxygen atoms in total. The summed E-state index contributed by atoms with van der Waals surface area (Å²) >= 11 is 0. The van der Waals surface area contributed by atoms with Gasteiger partial charge >= 0.3 is 0 Å². The summed E-state index contributed by atoms with van der Waals surface area (Å²) in [5, 5.41) is 0. The first kappa shape index (κ1) is 14.5. The molecule has 2 N–H and O–H groups in total. The summed E-state index contributed by atoms with van der Waals surface area (Å²) in [7, 11) is 0. The van der Waals surface area contributed by atoms with E-state index in [0.717, 1.165) is 45.2 Å². The van der Waals surface area contributed by atoms with Gasteiger partial charge in [0, 0.05) is 19.1 Å². The summed E-state index contributed by atoms with van der Waals surface area (Å²) in [5.74, 6) is 0.379. The molecule has 0 aliphatic heterocycles. The minimum atomic E-state index is 0.0781. The lowest BCUT2D eigenvalue weighted by atomic mass is 9.94. The molecule has 17 heavy (non-hydrogen) atoms. The van der Waals surface area contributed by atoms with E-state index in [1.165, 1.54) is 12.8 Å². The summed E-state index contributed by atoms with van der Waals surface area (Å²) in [5.41, 5.74) is 6.15. The van der Waals surface area contributed by atoms with E-state index in [1.54, 1.807) is 0 Å². The molecular weight excluding hydrogens is 212 g/mol. The summed E-state index contributed by atoms with van der Waals surface area (Å²) in [4.78, 5) is 14.4. The van der Waals surface area contributed by atoms with Crippen molar-refractivity contribution in [2.24, 2.45) is 11.7 Å². The van der Waals surface area contributed by atoms with Gasteiger partial charge in [-0.15, -0.1) is 0 Å². The van der Waals surface area contributed by atoms with E-state index in [9.17, 15) is 4.79 Å². The van der Waals surface area contributed by atoms with Crippen molar-refractivity contribution in [2.75, 3.05) is 13.1 Å². The van der Waals surface area contributed by atoms with Gasteiger partial charge in [0.2, 0.25) is 5.91 Å². The lowest BCUT2D eigenvalue weighted by Crippen LogP contribution is -2.44. The van der Waals surface area contributed by atoms with Gasteiger partial charge in [0.15, 0.2) is 0 Å². The molecular formula is C14H28N2O. The van der Waals surface area contributed by atoms with Crippen LogP contribution in [0.1, 0.15) is 58.8 Å². The van der Waals surface area contributed by atoms with E-state index in [-0.39, 0.29) is 12.0 Å². The fourth-order valence-corrected chi connectivity index (χ4v) is 2.65. The van der Waals surface area contributed by atoms with Crippen molar-refractivity contribution in [3.8, 4) is 0 Å². The van der Waals surface area contributed by atoms with E-state index in [0.29, 0.717) is 5.91 Å². The molecule has 1 amide bonds. The number of hydrogen-bond donors (Lipinski definition) is 1. The van der Waals surface area contributed by atoms with E-state index in [1.807, 2.05) is 4.90 Å². The number of carbonyl (C=O) groups is 1. The van der Waals surface area contributed by atoms with Gasteiger partial charge in [-0.3, -0.25) is 4.79 Å². The minimum absolute atomic E-state index is 0.0781. The Balaban J connectivity index is 2.57. The molecule has 0 aromatic carbocycles. The molecule has 0 saturated heterocycles. The Kier molecular flexibility index (Phi) is 6.56. The van der Waals surface area contributed by atoms with E-state index in [4.69, 9.17) is 5.73 Å². The van der Waals surface area contributed by atoms with Crippen LogP contribution in [0.5, 0.6) is 0 Å². The molecule has 0 aromatic rings. The van der Waals surface area contributed by atoms with Crippen LogP contribution in [0.25, 0.3) is 0 Å². The highest BCUT2D eigenvalue weighted by Gasteiger charge is 2.29. The second kappa shape index (κ2) is 7.70. The molecule has 100 valence electrons. The molecule has 1 saturated carbocycles. The smallest absolute Gasteiger partial charge is 0.227 e. The van der Waals surface area contributed by atoms with Gasteiger partial charge in [-0.25, -0.2) is 0 Å². The molecule has 1 aliphatic carbocycles. The summed E-state index contributed by atoms with van der Waals surface area (Å²) < 4.78 is 0. The minimum Gasteiger partial charge on any atom is -0.343 e. The Morgan fingerprint density at radius 3 is 2.59 bits per heavy atom. The Morgan fingerprint density at radius 1 is 1.24 bits per heavy atom. The quantitative estimate of drug-likeness (QED) is 0.751. The second-order valence-electron chi connectivity index (χ2n) is 5.18. The van der Waals surface area contributed by atoms with Crippen molar-refractivity contribution in [3.05, 3.63) is 0 Å². The van der Waals surface area contributed by atoms with Gasteiger partial charge < -0.3 is 10.6 Å². The predicted molar refractivity (Wildman–Crippen MR) is 71.7 cm³/mol. The third-order valence-corrected chi connectivity index (χ3v) is 3.86. The first-order valence-electron chi connectivity index (χ1n) is 7.25. The van der Waals surface area contributed by atoms with Crippen LogP contribution >= 0.6 is 0 Å². The number of carbonyl (C=O) groups excluding carboxylic acids is 1. The maximum atomic E-state index is 12.4. The Labute approximate surface area is 106 Å². The van der Waals surface area contributed by atoms with Crippen molar-refractivity contribution in [3.63, 3.8) is 0 Å². The Hall–Kier alpha value is -0.570. The van der Waals surface area contributed by atoms with Gasteiger partial charge in [-0.2, -0.15) is 0 Å². The number of nitrogens with zero attached hydrogens (tertiary/aromatic N) is 1. The molecule has 1 aliphatic rings. The fraction of sp³-hybridized carbons (Fsp3) is 0.929. The van der Waals surface area contributed by atoms with Crippen molar-refractivity contribution >= 4 is 5.91 Å². The highest BCUT2D eigenvalue weighted by atomic mass is 16.2. The van der Waals surface area contributed by atoms with Gasteiger partial charge in [0.05, 0.1) is 5.92 Å². The molecule has 0 bridgehead atoms. The lowest BCUT2D eigenvalue weighted by molar-refractivity contribution is -0.136. The van der Waals surface area contributed by atoms with Crippen LogP contribution in [-0.4, -0.2) is 29.9 Å². The second-order valence-corrected chi connectivity index (χ2v) is 5.18. The maximum absolute atomic E-state index is 12.4. The summed E-state index contributed by atoms with van der Waals surface area (Å²) in [6.07, 6.45) is 7.83. The lowest BCUT2D eigenvalue weighted by Gasteiger charge is -2.28. The Bertz CT molecular complexity index is 230. The number of hydrogen-bond acceptors (Lipinski definition) is 2. The van der Waals surface area contributed by atoms with Gasteiger partial charge in [0.25, 0.3) is 0 Å². The van der Waals surface area contributed by atoms with Gasteiger partial charge in [0.1, 0.15) is 0 Å². The monoisotopic (exact) mass is 240 g/mol. The summed E-state index contributed by atoms with van der Waals surface area (Å²) in [6, 6.07) is 0.0840. The average Bonchev–Trinajstić information content (AvgIpc) is 2.54. The van der Waals surface area contributed by atoms with Crippen LogP contribution in [0.15, 0.2) is 0 Å². The first-order valence-corrected chi connectivity index (χ1v) is 7.25. The van der Waals surface area contributed by atoms with Crippen LogP contribution in [0.3, 0.4) is 0 Å². The number of rotatable bonds is 5. The average molecular weight is 240 g/mol. The highest BCUT2D eigenvalue weighted by Crippen LogP contribution is 2.24.